The van der Waals surface area contributed by atoms with Crippen LogP contribution in [0, 0.1) is 17.8 Å². The Morgan fingerprint density at radius 1 is 1.33 bits per heavy atom. The van der Waals surface area contributed by atoms with Gasteiger partial charge in [-0.05, 0) is 24.2 Å². The molecule has 0 saturated carbocycles. The Hall–Kier alpha value is -1.59. The summed E-state index contributed by atoms with van der Waals surface area (Å²) in [6.07, 6.45) is 4.04. The Morgan fingerprint density at radius 2 is 2.04 bits per heavy atom. The molecule has 136 valence electrons. The third-order valence-electron chi connectivity index (χ3n) is 4.42. The van der Waals surface area contributed by atoms with Crippen molar-refractivity contribution in [2.45, 2.75) is 54.0 Å². The van der Waals surface area contributed by atoms with E-state index >= 15 is 0 Å². The van der Waals surface area contributed by atoms with Crippen LogP contribution in [-0.2, 0) is 13.0 Å². The van der Waals surface area contributed by atoms with E-state index in [1.54, 1.807) is 0 Å². The lowest BCUT2D eigenvalue weighted by Gasteiger charge is -2.37. The highest BCUT2D eigenvalue weighted by molar-refractivity contribution is 5.80. The minimum atomic E-state index is 0.575. The fraction of sp³-hybridized carbons (Fsp3) is 0.833. The molecule has 6 heteroatoms. The van der Waals surface area contributed by atoms with Gasteiger partial charge in [0.05, 0.1) is 0 Å². The predicted octanol–water partition coefficient (Wildman–Crippen LogP) is 2.42. The average molecular weight is 335 g/mol. The smallest absolute Gasteiger partial charge is 0.194 e. The number of nitrogens with zero attached hydrogens (tertiary/aromatic N) is 5. The third-order valence-corrected chi connectivity index (χ3v) is 4.42. The van der Waals surface area contributed by atoms with Crippen molar-refractivity contribution in [2.24, 2.45) is 22.7 Å². The molecule has 1 aliphatic rings. The SMILES string of the molecule is CCc1nncn1CCNC(=NCC(C)C)N1CC(C)CC(C)C1. The largest absolute Gasteiger partial charge is 0.354 e. The molecule has 2 rings (SSSR count). The van der Waals surface area contributed by atoms with E-state index in [9.17, 15) is 0 Å². The molecule has 0 amide bonds. The Labute approximate surface area is 146 Å². The number of nitrogens with one attached hydrogen (secondary N) is 1. The first-order valence-corrected chi connectivity index (χ1v) is 9.39. The molecular formula is C18H34N6. The van der Waals surface area contributed by atoms with Crippen LogP contribution in [-0.4, -0.2) is 51.8 Å². The molecule has 24 heavy (non-hydrogen) atoms. The van der Waals surface area contributed by atoms with Gasteiger partial charge in [0.2, 0.25) is 0 Å². The molecule has 0 spiro atoms. The minimum Gasteiger partial charge on any atom is -0.354 e. The fourth-order valence-electron chi connectivity index (χ4n) is 3.40. The lowest BCUT2D eigenvalue weighted by Crippen LogP contribution is -2.49. The second-order valence-corrected chi connectivity index (χ2v) is 7.63. The van der Waals surface area contributed by atoms with Gasteiger partial charge in [0, 0.05) is 39.1 Å². The maximum absolute atomic E-state index is 4.87. The van der Waals surface area contributed by atoms with Crippen molar-refractivity contribution < 1.29 is 0 Å². The summed E-state index contributed by atoms with van der Waals surface area (Å²) in [5, 5.41) is 11.7. The molecule has 1 saturated heterocycles. The lowest BCUT2D eigenvalue weighted by molar-refractivity contribution is 0.208. The summed E-state index contributed by atoms with van der Waals surface area (Å²) in [4.78, 5) is 7.31. The number of guanidine groups is 1. The van der Waals surface area contributed by atoms with Crippen LogP contribution in [0.5, 0.6) is 0 Å². The van der Waals surface area contributed by atoms with E-state index in [1.807, 2.05) is 6.33 Å². The number of aromatic nitrogens is 3. The van der Waals surface area contributed by atoms with Gasteiger partial charge in [-0.3, -0.25) is 4.99 Å². The van der Waals surface area contributed by atoms with Crippen LogP contribution >= 0.6 is 0 Å². The first-order valence-electron chi connectivity index (χ1n) is 9.39. The Kier molecular flexibility index (Phi) is 7.06. The first-order chi connectivity index (χ1) is 11.5. The van der Waals surface area contributed by atoms with E-state index in [0.717, 1.165) is 62.8 Å². The van der Waals surface area contributed by atoms with Crippen molar-refractivity contribution in [2.75, 3.05) is 26.2 Å². The topological polar surface area (TPSA) is 58.3 Å². The predicted molar refractivity (Wildman–Crippen MR) is 99.1 cm³/mol. The third kappa shape index (κ3) is 5.49. The summed E-state index contributed by atoms with van der Waals surface area (Å²) in [6, 6.07) is 0. The zero-order chi connectivity index (χ0) is 17.5. The highest BCUT2D eigenvalue weighted by Crippen LogP contribution is 2.21. The Morgan fingerprint density at radius 3 is 2.67 bits per heavy atom. The van der Waals surface area contributed by atoms with Crippen LogP contribution in [0.1, 0.15) is 46.9 Å². The first kappa shape index (κ1) is 18.7. The fourth-order valence-corrected chi connectivity index (χ4v) is 3.40. The quantitative estimate of drug-likeness (QED) is 0.641. The van der Waals surface area contributed by atoms with Gasteiger partial charge in [-0.1, -0.05) is 34.6 Å². The molecule has 0 aromatic carbocycles. The van der Waals surface area contributed by atoms with Crippen LogP contribution in [0.4, 0.5) is 0 Å². The van der Waals surface area contributed by atoms with Crippen molar-refractivity contribution in [3.05, 3.63) is 12.2 Å². The van der Waals surface area contributed by atoms with Gasteiger partial charge in [-0.25, -0.2) is 0 Å². The maximum Gasteiger partial charge on any atom is 0.194 e. The zero-order valence-electron chi connectivity index (χ0n) is 16.0. The molecule has 1 aromatic rings. The van der Waals surface area contributed by atoms with Gasteiger partial charge < -0.3 is 14.8 Å². The van der Waals surface area contributed by atoms with Crippen LogP contribution < -0.4 is 5.32 Å². The molecule has 1 fully saturated rings. The van der Waals surface area contributed by atoms with Gasteiger partial charge in [-0.15, -0.1) is 10.2 Å². The molecular weight excluding hydrogens is 300 g/mol. The number of aryl methyl sites for hydroxylation is 1. The van der Waals surface area contributed by atoms with Crippen LogP contribution in [0.2, 0.25) is 0 Å². The molecule has 1 N–H and O–H groups in total. The van der Waals surface area contributed by atoms with E-state index in [4.69, 9.17) is 4.99 Å². The summed E-state index contributed by atoms with van der Waals surface area (Å²) in [5.41, 5.74) is 0. The van der Waals surface area contributed by atoms with Gasteiger partial charge in [0.15, 0.2) is 5.96 Å². The average Bonchev–Trinajstić information content (AvgIpc) is 2.96. The number of rotatable bonds is 6. The van der Waals surface area contributed by atoms with Gasteiger partial charge in [-0.2, -0.15) is 0 Å². The normalized spacial score (nSPS) is 22.2. The van der Waals surface area contributed by atoms with E-state index < -0.39 is 0 Å². The number of likely N-dealkylation sites (tertiary alicyclic amines) is 1. The molecule has 6 nitrogen and oxygen atoms in total. The summed E-state index contributed by atoms with van der Waals surface area (Å²) < 4.78 is 2.12. The monoisotopic (exact) mass is 334 g/mol. The van der Waals surface area contributed by atoms with Gasteiger partial charge in [0.25, 0.3) is 0 Å². The van der Waals surface area contributed by atoms with Crippen LogP contribution in [0.3, 0.4) is 0 Å². The highest BCUT2D eigenvalue weighted by atomic mass is 15.3. The van der Waals surface area contributed by atoms with Gasteiger partial charge >= 0.3 is 0 Å². The second kappa shape index (κ2) is 9.04. The zero-order valence-corrected chi connectivity index (χ0v) is 16.0. The van der Waals surface area contributed by atoms with Crippen molar-refractivity contribution in [3.63, 3.8) is 0 Å². The van der Waals surface area contributed by atoms with Crippen molar-refractivity contribution in [1.82, 2.24) is 25.0 Å². The van der Waals surface area contributed by atoms with Crippen molar-refractivity contribution in [3.8, 4) is 0 Å². The molecule has 0 radical (unpaired) electrons. The number of hydrogen-bond donors (Lipinski definition) is 1. The number of piperidine rings is 1. The number of hydrogen-bond acceptors (Lipinski definition) is 3. The van der Waals surface area contributed by atoms with E-state index in [2.05, 4.69) is 59.6 Å². The molecule has 2 unspecified atom stereocenters. The molecule has 0 bridgehead atoms. The van der Waals surface area contributed by atoms with E-state index in [1.165, 1.54) is 6.42 Å². The highest BCUT2D eigenvalue weighted by Gasteiger charge is 2.24. The Balaban J connectivity index is 1.97. The second-order valence-electron chi connectivity index (χ2n) is 7.63. The lowest BCUT2D eigenvalue weighted by atomic mass is 9.92. The van der Waals surface area contributed by atoms with Gasteiger partial charge in [0.1, 0.15) is 12.2 Å². The maximum atomic E-state index is 4.87. The van der Waals surface area contributed by atoms with Crippen LogP contribution in [0.25, 0.3) is 0 Å². The molecule has 1 aromatic heterocycles. The van der Waals surface area contributed by atoms with Crippen LogP contribution in [0.15, 0.2) is 11.3 Å². The molecule has 0 aliphatic carbocycles. The molecule has 2 heterocycles. The van der Waals surface area contributed by atoms with E-state index in [0.29, 0.717) is 5.92 Å². The summed E-state index contributed by atoms with van der Waals surface area (Å²) in [5.74, 6) is 4.13. The summed E-state index contributed by atoms with van der Waals surface area (Å²) >= 11 is 0. The number of aliphatic imine (C=N–C) groups is 1. The van der Waals surface area contributed by atoms with Crippen molar-refractivity contribution >= 4 is 5.96 Å². The summed E-state index contributed by atoms with van der Waals surface area (Å²) in [7, 11) is 0. The summed E-state index contributed by atoms with van der Waals surface area (Å²) in [6.45, 7) is 16.0. The standard InChI is InChI=1S/C18H34N6/c1-6-17-22-21-13-23(17)8-7-19-18(20-10-14(2)3)24-11-15(4)9-16(5)12-24/h13-16H,6-12H2,1-5H3,(H,19,20). The molecule has 1 aliphatic heterocycles. The van der Waals surface area contributed by atoms with Crippen molar-refractivity contribution in [1.29, 1.82) is 0 Å². The molecule has 2 atom stereocenters. The van der Waals surface area contributed by atoms with E-state index in [-0.39, 0.29) is 0 Å². The Bertz CT molecular complexity index is 511. The minimum absolute atomic E-state index is 0.575.